The van der Waals surface area contributed by atoms with Gasteiger partial charge in [0.15, 0.2) is 0 Å². The average Bonchev–Trinajstić information content (AvgIpc) is 3.79. The summed E-state index contributed by atoms with van der Waals surface area (Å²) in [6.07, 6.45) is -5.69. The van der Waals surface area contributed by atoms with Gasteiger partial charge in [-0.2, -0.15) is 0 Å². The van der Waals surface area contributed by atoms with Crippen molar-refractivity contribution in [3.8, 4) is 22.6 Å². The zero-order valence-electron chi connectivity index (χ0n) is 28.6. The lowest BCUT2D eigenvalue weighted by molar-refractivity contribution is -0.275. The number of piperazine rings is 2. The summed E-state index contributed by atoms with van der Waals surface area (Å²) in [6.45, 7) is 11.0. The highest BCUT2D eigenvalue weighted by atomic mass is 19.4. The summed E-state index contributed by atoms with van der Waals surface area (Å²) >= 11 is 0. The zero-order valence-corrected chi connectivity index (χ0v) is 28.6. The van der Waals surface area contributed by atoms with Crippen LogP contribution in [-0.4, -0.2) is 84.5 Å². The Hall–Kier alpha value is -4.24. The van der Waals surface area contributed by atoms with Crippen molar-refractivity contribution in [1.29, 1.82) is 0 Å². The molecule has 278 valence electrons. The van der Waals surface area contributed by atoms with Crippen LogP contribution in [0.5, 0.6) is 11.5 Å². The summed E-state index contributed by atoms with van der Waals surface area (Å²) in [5.74, 6) is -0.437. The maximum atomic E-state index is 13.0. The molecule has 1 aromatic heterocycles. The van der Waals surface area contributed by atoms with Crippen molar-refractivity contribution in [2.45, 2.75) is 63.3 Å². The summed E-state index contributed by atoms with van der Waals surface area (Å²) < 4.78 is 88.1. The van der Waals surface area contributed by atoms with Gasteiger partial charge in [-0.15, -0.1) is 26.3 Å². The van der Waals surface area contributed by atoms with Crippen molar-refractivity contribution in [1.82, 2.24) is 30.3 Å². The number of rotatable bonds is 13. The Morgan fingerprint density at radius 1 is 0.865 bits per heavy atom. The molecule has 7 rings (SSSR count). The maximum absolute atomic E-state index is 13.0. The van der Waals surface area contributed by atoms with E-state index in [9.17, 15) is 26.3 Å². The number of halogens is 6. The molecule has 3 aliphatic heterocycles. The summed E-state index contributed by atoms with van der Waals surface area (Å²) in [7, 11) is 0. The molecule has 0 aliphatic carbocycles. The summed E-state index contributed by atoms with van der Waals surface area (Å²) in [5, 5.41) is 11.3. The van der Waals surface area contributed by atoms with Gasteiger partial charge in [-0.05, 0) is 54.3 Å². The van der Waals surface area contributed by atoms with E-state index < -0.39 is 12.7 Å². The minimum absolute atomic E-state index is 0.163. The Bertz CT molecular complexity index is 1850. The van der Waals surface area contributed by atoms with Crippen molar-refractivity contribution in [2.75, 3.05) is 39.3 Å². The van der Waals surface area contributed by atoms with Gasteiger partial charge in [0.25, 0.3) is 0 Å². The number of nitrogens with zero attached hydrogens (tertiary/aromatic N) is 3. The van der Waals surface area contributed by atoms with Gasteiger partial charge in [0, 0.05) is 105 Å². The SMILES string of the molecule is C=C(NCCCn1cc(-c2ccc(OC(F)(F)F)cc2)c2cc(CN3CC4CC3CN4Cc3ccccc3OC(F)(F)F)ccc21)C1CNCCN1. The van der Waals surface area contributed by atoms with Gasteiger partial charge < -0.3 is 30.0 Å². The first-order chi connectivity index (χ1) is 24.9. The maximum Gasteiger partial charge on any atom is 0.573 e. The van der Waals surface area contributed by atoms with Crippen LogP contribution in [-0.2, 0) is 19.6 Å². The average molecular weight is 729 g/mol. The Morgan fingerprint density at radius 2 is 1.60 bits per heavy atom. The Balaban J connectivity index is 1.05. The first kappa shape index (κ1) is 36.1. The molecule has 4 heterocycles. The number of para-hydroxylation sites is 1. The van der Waals surface area contributed by atoms with Crippen LogP contribution in [0.1, 0.15) is 24.0 Å². The van der Waals surface area contributed by atoms with Crippen molar-refractivity contribution >= 4 is 10.9 Å². The van der Waals surface area contributed by atoms with Gasteiger partial charge in [0.2, 0.25) is 0 Å². The summed E-state index contributed by atoms with van der Waals surface area (Å²) in [5.41, 5.74) is 5.30. The Morgan fingerprint density at radius 3 is 2.29 bits per heavy atom. The van der Waals surface area contributed by atoms with Crippen molar-refractivity contribution in [3.63, 3.8) is 0 Å². The number of ether oxygens (including phenoxy) is 2. The van der Waals surface area contributed by atoms with Gasteiger partial charge in [0.05, 0.1) is 6.04 Å². The van der Waals surface area contributed by atoms with Crippen LogP contribution in [0.2, 0.25) is 0 Å². The van der Waals surface area contributed by atoms with Gasteiger partial charge in [0.1, 0.15) is 11.5 Å². The van der Waals surface area contributed by atoms with Crippen LogP contribution in [0, 0.1) is 0 Å². The van der Waals surface area contributed by atoms with E-state index in [1.807, 2.05) is 0 Å². The highest BCUT2D eigenvalue weighted by Gasteiger charge is 2.43. The number of nitrogens with one attached hydrogen (secondary N) is 3. The molecular weight excluding hydrogens is 686 g/mol. The van der Waals surface area contributed by atoms with E-state index in [4.69, 9.17) is 0 Å². The van der Waals surface area contributed by atoms with E-state index in [2.05, 4.69) is 70.8 Å². The van der Waals surface area contributed by atoms with E-state index in [0.717, 1.165) is 91.9 Å². The topological polar surface area (TPSA) is 66.0 Å². The number of hydrogen-bond acceptors (Lipinski definition) is 7. The number of aryl methyl sites for hydroxylation is 1. The Kier molecular flexibility index (Phi) is 10.4. The second kappa shape index (κ2) is 15.0. The molecule has 52 heavy (non-hydrogen) atoms. The van der Waals surface area contributed by atoms with Gasteiger partial charge >= 0.3 is 12.7 Å². The fourth-order valence-electron chi connectivity index (χ4n) is 7.75. The molecule has 3 saturated heterocycles. The minimum Gasteiger partial charge on any atom is -0.406 e. The first-order valence-electron chi connectivity index (χ1n) is 17.5. The molecule has 3 N–H and O–H groups in total. The van der Waals surface area contributed by atoms with Crippen molar-refractivity contribution < 1.29 is 35.8 Å². The van der Waals surface area contributed by atoms with Crippen LogP contribution < -0.4 is 25.4 Å². The van der Waals surface area contributed by atoms with Crippen molar-refractivity contribution in [3.05, 3.63) is 96.3 Å². The molecular formula is C38H42F6N6O2. The van der Waals surface area contributed by atoms with E-state index in [1.165, 1.54) is 18.2 Å². The lowest BCUT2D eigenvalue weighted by atomic mass is 10.0. The van der Waals surface area contributed by atoms with E-state index >= 15 is 0 Å². The molecule has 3 unspecified atom stereocenters. The molecule has 14 heteroatoms. The molecule has 3 aliphatic rings. The van der Waals surface area contributed by atoms with Gasteiger partial charge in [-0.25, -0.2) is 0 Å². The van der Waals surface area contributed by atoms with E-state index in [0.29, 0.717) is 18.7 Å². The lowest BCUT2D eigenvalue weighted by Gasteiger charge is -2.34. The summed E-state index contributed by atoms with van der Waals surface area (Å²) in [4.78, 5) is 4.66. The molecule has 3 fully saturated rings. The molecule has 0 saturated carbocycles. The van der Waals surface area contributed by atoms with Crippen LogP contribution in [0.15, 0.2) is 85.2 Å². The highest BCUT2D eigenvalue weighted by Crippen LogP contribution is 2.37. The quantitative estimate of drug-likeness (QED) is 0.106. The second-order valence-corrected chi connectivity index (χ2v) is 13.7. The van der Waals surface area contributed by atoms with Crippen LogP contribution in [0.4, 0.5) is 26.3 Å². The first-order valence-corrected chi connectivity index (χ1v) is 17.5. The predicted molar refractivity (Wildman–Crippen MR) is 187 cm³/mol. The zero-order chi connectivity index (χ0) is 36.5. The number of likely N-dealkylation sites (tertiary alicyclic amines) is 2. The molecule has 0 amide bonds. The normalized spacial score (nSPS) is 21.2. The fourth-order valence-corrected chi connectivity index (χ4v) is 7.75. The number of benzene rings is 3. The predicted octanol–water partition coefficient (Wildman–Crippen LogP) is 6.62. The monoisotopic (exact) mass is 728 g/mol. The number of hydrogen-bond donors (Lipinski definition) is 3. The number of fused-ring (bicyclic) bond motifs is 3. The number of alkyl halides is 6. The van der Waals surface area contributed by atoms with Crippen LogP contribution >= 0.6 is 0 Å². The fraction of sp³-hybridized carbons (Fsp3) is 0.421. The largest absolute Gasteiger partial charge is 0.573 e. The third kappa shape index (κ3) is 8.68. The van der Waals surface area contributed by atoms with Gasteiger partial charge in [-0.1, -0.05) is 43.0 Å². The van der Waals surface area contributed by atoms with Crippen LogP contribution in [0.25, 0.3) is 22.0 Å². The number of aromatic nitrogens is 1. The molecule has 8 nitrogen and oxygen atoms in total. The molecule has 3 atom stereocenters. The van der Waals surface area contributed by atoms with Crippen LogP contribution in [0.3, 0.4) is 0 Å². The lowest BCUT2D eigenvalue weighted by Crippen LogP contribution is -2.51. The third-order valence-corrected chi connectivity index (χ3v) is 10.2. The molecule has 3 aromatic carbocycles. The minimum atomic E-state index is -4.77. The summed E-state index contributed by atoms with van der Waals surface area (Å²) in [6, 6.07) is 19.3. The molecule has 2 bridgehead atoms. The standard InChI is InChI=1S/C38H42F6N6O2/c1-25(34-19-45-14-15-47-34)46-13-4-16-48-24-33(27-8-10-31(11-9-27)51-37(39,40)41)32-17-26(7-12-35(32)48)20-49-22-30-18-29(49)23-50(30)21-28-5-2-3-6-36(28)52-38(42,43)44/h2-3,5-12,17,24,29-30,34,45-47H,1,4,13-16,18-23H2. The second-order valence-electron chi connectivity index (χ2n) is 13.7. The molecule has 4 aromatic rings. The van der Waals surface area contributed by atoms with Gasteiger partial charge in [-0.3, -0.25) is 9.80 Å². The third-order valence-electron chi connectivity index (χ3n) is 10.2. The van der Waals surface area contributed by atoms with E-state index in [-0.39, 0.29) is 29.6 Å². The molecule has 0 radical (unpaired) electrons. The highest BCUT2D eigenvalue weighted by molar-refractivity contribution is 5.96. The van der Waals surface area contributed by atoms with E-state index in [1.54, 1.807) is 30.3 Å². The van der Waals surface area contributed by atoms with Crippen molar-refractivity contribution in [2.24, 2.45) is 0 Å². The Labute approximate surface area is 298 Å². The smallest absolute Gasteiger partial charge is 0.406 e. The molecule has 0 spiro atoms.